The number of ether oxygens (including phenoxy) is 2. The zero-order valence-electron chi connectivity index (χ0n) is 7.07. The molecule has 0 aromatic heterocycles. The number of hydrogen-bond donors (Lipinski definition) is 0. The Bertz CT molecular complexity index is 339. The Hall–Kier alpha value is -1.72. The molecule has 74 valence electrons. The summed E-state index contributed by atoms with van der Waals surface area (Å²) >= 11 is 0. The maximum atomic E-state index is 11.2. The van der Waals surface area contributed by atoms with Crippen molar-refractivity contribution in [3.05, 3.63) is 0 Å². The molecule has 2 rings (SSSR count). The van der Waals surface area contributed by atoms with Crippen molar-refractivity contribution in [1.29, 1.82) is 0 Å². The highest BCUT2D eigenvalue weighted by atomic mass is 16.6. The van der Waals surface area contributed by atoms with Gasteiger partial charge in [-0.05, 0) is 0 Å². The highest BCUT2D eigenvalue weighted by molar-refractivity contribution is 6.04. The van der Waals surface area contributed by atoms with Crippen molar-refractivity contribution in [2.45, 2.75) is 19.3 Å². The van der Waals surface area contributed by atoms with Crippen molar-refractivity contribution in [3.63, 3.8) is 0 Å². The molecule has 0 bridgehead atoms. The SMILES string of the molecule is O=C1CC2(CC(=O)O1)CC(=O)OC2=O. The summed E-state index contributed by atoms with van der Waals surface area (Å²) in [5, 5.41) is 0. The minimum atomic E-state index is -1.29. The minimum absolute atomic E-state index is 0.216. The lowest BCUT2D eigenvalue weighted by Gasteiger charge is -2.24. The summed E-state index contributed by atoms with van der Waals surface area (Å²) in [5.41, 5.74) is -1.29. The van der Waals surface area contributed by atoms with Crippen LogP contribution in [-0.2, 0) is 28.7 Å². The van der Waals surface area contributed by atoms with Gasteiger partial charge in [-0.2, -0.15) is 0 Å². The molecule has 0 aliphatic carbocycles. The van der Waals surface area contributed by atoms with Gasteiger partial charge in [-0.15, -0.1) is 0 Å². The first-order valence-electron chi connectivity index (χ1n) is 4.00. The first-order chi connectivity index (χ1) is 6.52. The molecule has 0 atom stereocenters. The van der Waals surface area contributed by atoms with Gasteiger partial charge in [-0.3, -0.25) is 19.2 Å². The maximum absolute atomic E-state index is 11.2. The second kappa shape index (κ2) is 2.63. The molecule has 2 fully saturated rings. The van der Waals surface area contributed by atoms with E-state index in [4.69, 9.17) is 0 Å². The van der Waals surface area contributed by atoms with Crippen LogP contribution in [0.15, 0.2) is 0 Å². The third-order valence-electron chi connectivity index (χ3n) is 2.32. The lowest BCUT2D eigenvalue weighted by Crippen LogP contribution is -2.38. The monoisotopic (exact) mass is 198 g/mol. The van der Waals surface area contributed by atoms with Crippen LogP contribution in [0.1, 0.15) is 19.3 Å². The minimum Gasteiger partial charge on any atom is -0.393 e. The van der Waals surface area contributed by atoms with E-state index in [-0.39, 0.29) is 19.3 Å². The zero-order valence-corrected chi connectivity index (χ0v) is 7.07. The topological polar surface area (TPSA) is 86.7 Å². The summed E-state index contributed by atoms with van der Waals surface area (Å²) in [7, 11) is 0. The summed E-state index contributed by atoms with van der Waals surface area (Å²) in [6, 6.07) is 0. The molecule has 2 aliphatic heterocycles. The first kappa shape index (κ1) is 8.86. The molecule has 0 aromatic rings. The van der Waals surface area contributed by atoms with Gasteiger partial charge in [0.15, 0.2) is 0 Å². The molecule has 2 aliphatic rings. The molecule has 0 saturated carbocycles. The smallest absolute Gasteiger partial charge is 0.321 e. The number of rotatable bonds is 0. The lowest BCUT2D eigenvalue weighted by atomic mass is 9.78. The number of esters is 4. The molecule has 0 aromatic carbocycles. The third-order valence-corrected chi connectivity index (χ3v) is 2.32. The van der Waals surface area contributed by atoms with Crippen LogP contribution in [0.2, 0.25) is 0 Å². The highest BCUT2D eigenvalue weighted by Gasteiger charge is 2.55. The van der Waals surface area contributed by atoms with Crippen molar-refractivity contribution >= 4 is 23.9 Å². The number of hydrogen-bond acceptors (Lipinski definition) is 6. The van der Waals surface area contributed by atoms with Crippen molar-refractivity contribution in [3.8, 4) is 0 Å². The molecule has 0 N–H and O–H groups in total. The normalized spacial score (nSPS) is 25.1. The van der Waals surface area contributed by atoms with Gasteiger partial charge in [0.1, 0.15) is 0 Å². The fourth-order valence-corrected chi connectivity index (χ4v) is 1.68. The third kappa shape index (κ3) is 1.19. The van der Waals surface area contributed by atoms with Gasteiger partial charge in [-0.25, -0.2) is 0 Å². The van der Waals surface area contributed by atoms with Gasteiger partial charge in [0, 0.05) is 0 Å². The van der Waals surface area contributed by atoms with E-state index in [0.29, 0.717) is 0 Å². The van der Waals surface area contributed by atoms with E-state index in [9.17, 15) is 19.2 Å². The van der Waals surface area contributed by atoms with Gasteiger partial charge in [0.25, 0.3) is 0 Å². The van der Waals surface area contributed by atoms with Gasteiger partial charge in [-0.1, -0.05) is 0 Å². The predicted molar refractivity (Wildman–Crippen MR) is 38.5 cm³/mol. The Morgan fingerprint density at radius 2 is 1.21 bits per heavy atom. The Morgan fingerprint density at radius 1 is 0.786 bits per heavy atom. The summed E-state index contributed by atoms with van der Waals surface area (Å²) < 4.78 is 8.57. The Balaban J connectivity index is 2.31. The summed E-state index contributed by atoms with van der Waals surface area (Å²) in [6.45, 7) is 0. The van der Waals surface area contributed by atoms with Crippen LogP contribution in [-0.4, -0.2) is 23.9 Å². The van der Waals surface area contributed by atoms with E-state index in [1.165, 1.54) is 0 Å². The average Bonchev–Trinajstić information content (AvgIpc) is 2.23. The van der Waals surface area contributed by atoms with E-state index < -0.39 is 29.3 Å². The van der Waals surface area contributed by atoms with E-state index in [2.05, 4.69) is 9.47 Å². The van der Waals surface area contributed by atoms with Crippen LogP contribution in [0.4, 0.5) is 0 Å². The summed E-state index contributed by atoms with van der Waals surface area (Å²) in [4.78, 5) is 43.9. The van der Waals surface area contributed by atoms with Crippen molar-refractivity contribution in [1.82, 2.24) is 0 Å². The van der Waals surface area contributed by atoms with E-state index in [1.807, 2.05) is 0 Å². The Kier molecular flexibility index (Phi) is 1.67. The standard InChI is InChI=1S/C8H6O6/c9-4-1-8(2-5(10)13-4)3-6(11)14-7(8)12/h1-3H2. The number of cyclic esters (lactones) is 4. The average molecular weight is 198 g/mol. The molecule has 0 amide bonds. The Labute approximate surface area is 78.2 Å². The van der Waals surface area contributed by atoms with E-state index in [0.717, 1.165) is 0 Å². The Morgan fingerprint density at radius 3 is 1.64 bits per heavy atom. The summed E-state index contributed by atoms with van der Waals surface area (Å²) in [5.74, 6) is -3.06. The molecule has 6 nitrogen and oxygen atoms in total. The van der Waals surface area contributed by atoms with Crippen molar-refractivity contribution in [2.24, 2.45) is 5.41 Å². The van der Waals surface area contributed by atoms with Crippen molar-refractivity contribution < 1.29 is 28.7 Å². The first-order valence-corrected chi connectivity index (χ1v) is 4.00. The maximum Gasteiger partial charge on any atom is 0.321 e. The second-order valence-electron chi connectivity index (χ2n) is 3.42. The van der Waals surface area contributed by atoms with Crippen LogP contribution >= 0.6 is 0 Å². The molecule has 6 heteroatoms. The highest BCUT2D eigenvalue weighted by Crippen LogP contribution is 2.40. The molecular weight excluding hydrogens is 192 g/mol. The van der Waals surface area contributed by atoms with Crippen molar-refractivity contribution in [2.75, 3.05) is 0 Å². The zero-order chi connectivity index (χ0) is 10.3. The van der Waals surface area contributed by atoms with Crippen LogP contribution in [0.3, 0.4) is 0 Å². The molecule has 2 heterocycles. The van der Waals surface area contributed by atoms with Gasteiger partial charge in [0.05, 0.1) is 24.7 Å². The van der Waals surface area contributed by atoms with Crippen LogP contribution in [0, 0.1) is 5.41 Å². The lowest BCUT2D eigenvalue weighted by molar-refractivity contribution is -0.174. The van der Waals surface area contributed by atoms with Crippen LogP contribution in [0.25, 0.3) is 0 Å². The predicted octanol–water partition coefficient (Wildman–Crippen LogP) is -0.690. The molecular formula is C8H6O6. The van der Waals surface area contributed by atoms with Gasteiger partial charge in [0.2, 0.25) is 0 Å². The molecule has 2 saturated heterocycles. The van der Waals surface area contributed by atoms with Crippen LogP contribution in [0.5, 0.6) is 0 Å². The molecule has 14 heavy (non-hydrogen) atoms. The number of carbonyl (C=O) groups is 4. The largest absolute Gasteiger partial charge is 0.393 e. The van der Waals surface area contributed by atoms with Crippen LogP contribution < -0.4 is 0 Å². The van der Waals surface area contributed by atoms with Gasteiger partial charge >= 0.3 is 23.9 Å². The molecule has 1 spiro atoms. The fourth-order valence-electron chi connectivity index (χ4n) is 1.68. The molecule has 0 unspecified atom stereocenters. The fraction of sp³-hybridized carbons (Fsp3) is 0.500. The molecule has 0 radical (unpaired) electrons. The quantitative estimate of drug-likeness (QED) is 0.378. The summed E-state index contributed by atoms with van der Waals surface area (Å²) in [6.07, 6.45) is -0.737. The second-order valence-corrected chi connectivity index (χ2v) is 3.42. The number of carbonyl (C=O) groups excluding carboxylic acids is 4. The van der Waals surface area contributed by atoms with Gasteiger partial charge < -0.3 is 9.47 Å². The van der Waals surface area contributed by atoms with E-state index >= 15 is 0 Å². The van der Waals surface area contributed by atoms with E-state index in [1.54, 1.807) is 0 Å².